The minimum atomic E-state index is -0.267. The summed E-state index contributed by atoms with van der Waals surface area (Å²) in [5, 5.41) is 11.8. The summed E-state index contributed by atoms with van der Waals surface area (Å²) in [6, 6.07) is 9.84. The highest BCUT2D eigenvalue weighted by Gasteiger charge is 2.16. The van der Waals surface area contributed by atoms with E-state index in [0.717, 1.165) is 5.56 Å². The highest BCUT2D eigenvalue weighted by Crippen LogP contribution is 2.24. The number of furan rings is 1. The number of nitrogens with zero attached hydrogens (tertiary/aromatic N) is 3. The Hall–Kier alpha value is -2.87. The Morgan fingerprint density at radius 2 is 2.11 bits per heavy atom. The van der Waals surface area contributed by atoms with E-state index in [4.69, 9.17) is 4.42 Å². The third kappa shape index (κ3) is 5.07. The molecule has 27 heavy (non-hydrogen) atoms. The first-order valence-corrected chi connectivity index (χ1v) is 9.38. The van der Waals surface area contributed by atoms with Gasteiger partial charge in [0.15, 0.2) is 10.9 Å². The molecule has 0 spiro atoms. The summed E-state index contributed by atoms with van der Waals surface area (Å²) in [6.07, 6.45) is 3.96. The number of nitrogens with one attached hydrogen (secondary N) is 1. The molecule has 0 saturated heterocycles. The molecule has 0 aliphatic rings. The third-order valence-corrected chi connectivity index (χ3v) is 4.72. The van der Waals surface area contributed by atoms with Gasteiger partial charge in [0.25, 0.3) is 0 Å². The van der Waals surface area contributed by atoms with Gasteiger partial charge in [-0.15, -0.1) is 16.8 Å². The Balaban J connectivity index is 1.52. The average Bonchev–Trinajstić information content (AvgIpc) is 3.32. The van der Waals surface area contributed by atoms with Crippen molar-refractivity contribution >= 4 is 17.7 Å². The van der Waals surface area contributed by atoms with Gasteiger partial charge in [0.1, 0.15) is 5.82 Å². The van der Waals surface area contributed by atoms with Crippen molar-refractivity contribution in [2.45, 2.75) is 18.1 Å². The van der Waals surface area contributed by atoms with E-state index in [1.165, 1.54) is 23.9 Å². The van der Waals surface area contributed by atoms with Crippen molar-refractivity contribution in [3.63, 3.8) is 0 Å². The molecule has 1 N–H and O–H groups in total. The monoisotopic (exact) mass is 386 g/mol. The molecule has 0 unspecified atom stereocenters. The zero-order valence-corrected chi connectivity index (χ0v) is 15.4. The summed E-state index contributed by atoms with van der Waals surface area (Å²) >= 11 is 1.30. The number of hydrogen-bond donors (Lipinski definition) is 1. The van der Waals surface area contributed by atoms with Crippen LogP contribution in [0.5, 0.6) is 0 Å². The Morgan fingerprint density at radius 1 is 1.30 bits per heavy atom. The molecule has 6 nitrogen and oxygen atoms in total. The molecule has 1 aromatic carbocycles. The van der Waals surface area contributed by atoms with Crippen molar-refractivity contribution in [3.8, 4) is 11.6 Å². The third-order valence-electron chi connectivity index (χ3n) is 3.75. The van der Waals surface area contributed by atoms with Gasteiger partial charge in [-0.1, -0.05) is 30.0 Å². The van der Waals surface area contributed by atoms with Crippen LogP contribution in [0.15, 0.2) is 64.9 Å². The van der Waals surface area contributed by atoms with Crippen LogP contribution >= 0.6 is 11.8 Å². The number of rotatable bonds is 9. The van der Waals surface area contributed by atoms with Crippen LogP contribution in [-0.2, 0) is 17.8 Å². The predicted molar refractivity (Wildman–Crippen MR) is 102 cm³/mol. The molecule has 0 saturated carbocycles. The zero-order valence-electron chi connectivity index (χ0n) is 14.6. The lowest BCUT2D eigenvalue weighted by Gasteiger charge is -2.07. The van der Waals surface area contributed by atoms with Gasteiger partial charge in [0.05, 0.1) is 12.0 Å². The Morgan fingerprint density at radius 3 is 2.81 bits per heavy atom. The first-order chi connectivity index (χ1) is 13.2. The highest BCUT2D eigenvalue weighted by molar-refractivity contribution is 7.99. The fraction of sp³-hybridized carbons (Fsp3) is 0.211. The molecule has 0 atom stereocenters. The molecule has 0 radical (unpaired) electrons. The summed E-state index contributed by atoms with van der Waals surface area (Å²) in [7, 11) is 0. The van der Waals surface area contributed by atoms with Crippen LogP contribution in [0.1, 0.15) is 5.56 Å². The number of benzene rings is 1. The molecule has 140 valence electrons. The number of halogens is 1. The van der Waals surface area contributed by atoms with Gasteiger partial charge in [-0.3, -0.25) is 9.36 Å². The number of amides is 1. The number of allylic oxidation sites excluding steroid dienone is 1. The van der Waals surface area contributed by atoms with E-state index >= 15 is 0 Å². The minimum absolute atomic E-state index is 0.102. The van der Waals surface area contributed by atoms with Gasteiger partial charge in [0.2, 0.25) is 11.7 Å². The topological polar surface area (TPSA) is 73.0 Å². The Labute approximate surface area is 160 Å². The number of carbonyl (C=O) groups excluding carboxylic acids is 1. The van der Waals surface area contributed by atoms with Crippen molar-refractivity contribution in [3.05, 3.63) is 66.7 Å². The molecule has 8 heteroatoms. The molecule has 0 aliphatic carbocycles. The number of carbonyl (C=O) groups is 1. The molecule has 3 aromatic rings. The summed E-state index contributed by atoms with van der Waals surface area (Å²) in [6.45, 7) is 4.75. The highest BCUT2D eigenvalue weighted by atomic mass is 32.2. The molecule has 2 heterocycles. The maximum Gasteiger partial charge on any atom is 0.230 e. The molecular weight excluding hydrogens is 367 g/mol. The van der Waals surface area contributed by atoms with Crippen molar-refractivity contribution in [1.29, 1.82) is 0 Å². The van der Waals surface area contributed by atoms with Crippen LogP contribution in [0.3, 0.4) is 0 Å². The summed E-state index contributed by atoms with van der Waals surface area (Å²) in [4.78, 5) is 12.1. The molecule has 3 rings (SSSR count). The SMILES string of the molecule is C=CCn1c(SCC(=O)NCCc2ccc(F)cc2)nnc1-c1ccco1. The number of aromatic nitrogens is 3. The smallest absolute Gasteiger partial charge is 0.230 e. The second-order valence-electron chi connectivity index (χ2n) is 5.70. The fourth-order valence-corrected chi connectivity index (χ4v) is 3.23. The Kier molecular flexibility index (Phi) is 6.43. The van der Waals surface area contributed by atoms with Crippen LogP contribution in [0.4, 0.5) is 4.39 Å². The Bertz CT molecular complexity index is 891. The van der Waals surface area contributed by atoms with Crippen molar-refractivity contribution in [2.24, 2.45) is 0 Å². The van der Waals surface area contributed by atoms with E-state index in [1.807, 2.05) is 4.57 Å². The van der Waals surface area contributed by atoms with Crippen molar-refractivity contribution in [1.82, 2.24) is 20.1 Å². The van der Waals surface area contributed by atoms with E-state index in [9.17, 15) is 9.18 Å². The van der Waals surface area contributed by atoms with E-state index in [1.54, 1.807) is 36.6 Å². The maximum absolute atomic E-state index is 12.9. The molecular formula is C19H19FN4O2S. The van der Waals surface area contributed by atoms with Gasteiger partial charge >= 0.3 is 0 Å². The molecule has 0 fully saturated rings. The number of thioether (sulfide) groups is 1. The molecule has 0 aliphatic heterocycles. The number of hydrogen-bond acceptors (Lipinski definition) is 5. The van der Waals surface area contributed by atoms with Crippen LogP contribution < -0.4 is 5.32 Å². The standard InChI is InChI=1S/C19H19FN4O2S/c1-2-11-24-18(16-4-3-12-26-16)22-23-19(24)27-13-17(25)21-10-9-14-5-7-15(20)8-6-14/h2-8,12H,1,9-11,13H2,(H,21,25). The van der Waals surface area contributed by atoms with Gasteiger partial charge in [-0.05, 0) is 36.2 Å². The molecule has 1 amide bonds. The average molecular weight is 386 g/mol. The zero-order chi connectivity index (χ0) is 19.1. The van der Waals surface area contributed by atoms with Crippen LogP contribution in [0.25, 0.3) is 11.6 Å². The summed E-state index contributed by atoms with van der Waals surface area (Å²) in [5.41, 5.74) is 0.971. The van der Waals surface area contributed by atoms with Gasteiger partial charge in [0, 0.05) is 13.1 Å². The van der Waals surface area contributed by atoms with Crippen molar-refractivity contribution in [2.75, 3.05) is 12.3 Å². The first-order valence-electron chi connectivity index (χ1n) is 8.39. The van der Waals surface area contributed by atoms with E-state index in [-0.39, 0.29) is 17.5 Å². The minimum Gasteiger partial charge on any atom is -0.461 e. The maximum atomic E-state index is 12.9. The van der Waals surface area contributed by atoms with Gasteiger partial charge in [-0.2, -0.15) is 0 Å². The van der Waals surface area contributed by atoms with Crippen LogP contribution in [-0.4, -0.2) is 33.0 Å². The quantitative estimate of drug-likeness (QED) is 0.451. The van der Waals surface area contributed by atoms with Gasteiger partial charge < -0.3 is 9.73 Å². The normalized spacial score (nSPS) is 10.7. The van der Waals surface area contributed by atoms with Crippen LogP contribution in [0.2, 0.25) is 0 Å². The second-order valence-corrected chi connectivity index (χ2v) is 6.64. The van der Waals surface area contributed by atoms with Crippen LogP contribution in [0, 0.1) is 5.82 Å². The lowest BCUT2D eigenvalue weighted by atomic mass is 10.1. The molecule has 2 aromatic heterocycles. The molecule has 0 bridgehead atoms. The van der Waals surface area contributed by atoms with Crippen molar-refractivity contribution < 1.29 is 13.6 Å². The summed E-state index contributed by atoms with van der Waals surface area (Å²) < 4.78 is 20.1. The van der Waals surface area contributed by atoms with Gasteiger partial charge in [-0.25, -0.2) is 4.39 Å². The summed E-state index contributed by atoms with van der Waals surface area (Å²) in [5.74, 6) is 1.06. The predicted octanol–water partition coefficient (Wildman–Crippen LogP) is 3.31. The van der Waals surface area contributed by atoms with E-state index < -0.39 is 0 Å². The fourth-order valence-electron chi connectivity index (χ4n) is 2.46. The second kappa shape index (κ2) is 9.18. The lowest BCUT2D eigenvalue weighted by Crippen LogP contribution is -2.27. The first kappa shape index (κ1) is 18.9. The van der Waals surface area contributed by atoms with E-state index in [2.05, 4.69) is 22.1 Å². The lowest BCUT2D eigenvalue weighted by molar-refractivity contribution is -0.118. The largest absolute Gasteiger partial charge is 0.461 e. The van der Waals surface area contributed by atoms with E-state index in [0.29, 0.717) is 36.3 Å².